The molecular formula is C6ClF14N. The molecule has 1 nitrogen and oxygen atoms in total. The quantitative estimate of drug-likeness (QED) is 0.372. The monoisotopic (exact) mass is 387 g/mol. The topological polar surface area (TPSA) is 3.24 Å². The maximum Gasteiger partial charge on any atom is 0.469 e. The zero-order valence-electron chi connectivity index (χ0n) is 9.12. The average Bonchev–Trinajstić information content (AvgIpc) is 2.09. The van der Waals surface area contributed by atoms with Crippen molar-refractivity contribution in [1.82, 2.24) is 4.90 Å². The van der Waals surface area contributed by atoms with Crippen molar-refractivity contribution in [2.24, 2.45) is 0 Å². The van der Waals surface area contributed by atoms with Gasteiger partial charge in [0.25, 0.3) is 0 Å². The molecule has 0 saturated heterocycles. The van der Waals surface area contributed by atoms with E-state index in [2.05, 4.69) is 11.6 Å². The first-order valence-corrected chi connectivity index (χ1v) is 4.63. The van der Waals surface area contributed by atoms with Crippen LogP contribution in [0.4, 0.5) is 61.5 Å². The zero-order valence-corrected chi connectivity index (χ0v) is 9.87. The highest BCUT2D eigenvalue weighted by atomic mass is 35.5. The minimum absolute atomic E-state index is 3.41. The molecule has 16 heteroatoms. The molecule has 134 valence electrons. The normalized spacial score (nSPS) is 16.4. The molecular weight excluding hydrogens is 387 g/mol. The molecule has 0 amide bonds. The molecule has 0 rings (SSSR count). The molecule has 22 heavy (non-hydrogen) atoms. The van der Waals surface area contributed by atoms with Gasteiger partial charge in [-0.05, 0) is 11.6 Å². The highest BCUT2D eigenvalue weighted by molar-refractivity contribution is 6.22. The second kappa shape index (κ2) is 5.14. The molecule has 0 fully saturated rings. The van der Waals surface area contributed by atoms with E-state index in [-0.39, 0.29) is 0 Å². The van der Waals surface area contributed by atoms with E-state index in [9.17, 15) is 61.5 Å². The summed E-state index contributed by atoms with van der Waals surface area (Å²) in [6.07, 6.45) is -15.0. The molecule has 0 spiro atoms. The van der Waals surface area contributed by atoms with E-state index in [4.69, 9.17) is 0 Å². The Kier molecular flexibility index (Phi) is 4.97. The Labute approximate surface area is 115 Å². The zero-order chi connectivity index (χ0) is 18.6. The Balaban J connectivity index is 6.53. The number of nitrogens with zero attached hydrogens (tertiary/aromatic N) is 1. The van der Waals surface area contributed by atoms with E-state index in [0.717, 1.165) is 0 Å². The third kappa shape index (κ3) is 3.28. The van der Waals surface area contributed by atoms with Crippen LogP contribution in [0.3, 0.4) is 0 Å². The van der Waals surface area contributed by atoms with Gasteiger partial charge in [-0.3, -0.25) is 0 Å². The van der Waals surface area contributed by atoms with Crippen LogP contribution in [-0.4, -0.2) is 40.8 Å². The Morgan fingerprint density at radius 1 is 0.455 bits per heavy atom. The van der Waals surface area contributed by atoms with E-state index in [1.165, 1.54) is 0 Å². The molecule has 0 saturated carbocycles. The highest BCUT2D eigenvalue weighted by Crippen LogP contribution is 2.56. The molecule has 0 aliphatic carbocycles. The summed E-state index contributed by atoms with van der Waals surface area (Å²) >= 11 is 3.41. The van der Waals surface area contributed by atoms with E-state index in [0.29, 0.717) is 0 Å². The highest BCUT2D eigenvalue weighted by Gasteiger charge is 2.84. The van der Waals surface area contributed by atoms with E-state index >= 15 is 0 Å². The van der Waals surface area contributed by atoms with E-state index in [1.54, 1.807) is 0 Å². The number of halogens is 15. The molecule has 0 bridgehead atoms. The number of hydrogen-bond donors (Lipinski definition) is 0. The predicted octanol–water partition coefficient (Wildman–Crippen LogP) is 5.02. The van der Waals surface area contributed by atoms with Crippen molar-refractivity contribution >= 4 is 11.6 Å². The van der Waals surface area contributed by atoms with Crippen LogP contribution < -0.4 is 0 Å². The lowest BCUT2D eigenvalue weighted by Gasteiger charge is -2.42. The SMILES string of the molecule is FC(F)(F)C(F)(F)N(C(F)(F)C(F)(F)F)C(F)(F)C(F)(F)Cl. The van der Waals surface area contributed by atoms with Crippen LogP contribution >= 0.6 is 11.6 Å². The van der Waals surface area contributed by atoms with Crippen molar-refractivity contribution < 1.29 is 61.5 Å². The van der Waals surface area contributed by atoms with Gasteiger partial charge in [-0.25, -0.2) is 0 Å². The lowest BCUT2D eigenvalue weighted by Crippen LogP contribution is -2.72. The van der Waals surface area contributed by atoms with Crippen molar-refractivity contribution in [1.29, 1.82) is 0 Å². The maximum atomic E-state index is 12.7. The summed E-state index contributed by atoms with van der Waals surface area (Å²) in [6.45, 7) is 0. The molecule has 0 heterocycles. The second-order valence-corrected chi connectivity index (χ2v) is 3.93. The molecule has 0 aromatic carbocycles. The largest absolute Gasteiger partial charge is 0.469 e. The third-order valence-electron chi connectivity index (χ3n) is 1.87. The van der Waals surface area contributed by atoms with Crippen LogP contribution in [0.15, 0.2) is 0 Å². The van der Waals surface area contributed by atoms with Crippen LogP contribution in [-0.2, 0) is 0 Å². The van der Waals surface area contributed by atoms with Gasteiger partial charge in [-0.1, -0.05) is 4.90 Å². The van der Waals surface area contributed by atoms with Gasteiger partial charge >= 0.3 is 35.9 Å². The Morgan fingerprint density at radius 2 is 0.682 bits per heavy atom. The van der Waals surface area contributed by atoms with Crippen LogP contribution in [0.1, 0.15) is 0 Å². The van der Waals surface area contributed by atoms with Crippen molar-refractivity contribution in [2.75, 3.05) is 0 Å². The molecule has 0 unspecified atom stereocenters. The Bertz CT molecular complexity index is 339. The molecule has 0 aromatic heterocycles. The summed E-state index contributed by atoms with van der Waals surface area (Å²) in [7, 11) is 0. The Morgan fingerprint density at radius 3 is 0.818 bits per heavy atom. The van der Waals surface area contributed by atoms with Gasteiger partial charge in [0.05, 0.1) is 0 Å². The summed E-state index contributed by atoms with van der Waals surface area (Å²) in [4.78, 5) is -4.32. The van der Waals surface area contributed by atoms with E-state index < -0.39 is 40.8 Å². The lowest BCUT2D eigenvalue weighted by atomic mass is 10.3. The predicted molar refractivity (Wildman–Crippen MR) is 39.6 cm³/mol. The molecule has 0 N–H and O–H groups in total. The standard InChI is InChI=1S/C6ClF14N/c7-1(8,9)4(16,17)22(5(18,19)2(10,11)12)6(20,21)3(13,14)15. The summed E-state index contributed by atoms with van der Waals surface area (Å²) in [5, 5.41) is -6.63. The van der Waals surface area contributed by atoms with Gasteiger partial charge in [0, 0.05) is 0 Å². The van der Waals surface area contributed by atoms with Gasteiger partial charge in [0.15, 0.2) is 0 Å². The lowest BCUT2D eigenvalue weighted by molar-refractivity contribution is -0.490. The smallest absolute Gasteiger partial charge is 0.179 e. The first-order chi connectivity index (χ1) is 9.12. The first-order valence-electron chi connectivity index (χ1n) is 4.26. The summed E-state index contributed by atoms with van der Waals surface area (Å²) in [5.41, 5.74) is 0. The fraction of sp³-hybridized carbons (Fsp3) is 1.00. The third-order valence-corrected chi connectivity index (χ3v) is 2.09. The first kappa shape index (κ1) is 21.3. The number of alkyl halides is 15. The minimum atomic E-state index is -7.71. The van der Waals surface area contributed by atoms with Gasteiger partial charge in [-0.2, -0.15) is 61.5 Å². The molecule has 0 aromatic rings. The molecule has 0 atom stereocenters. The summed E-state index contributed by atoms with van der Waals surface area (Å²) < 4.78 is 171. The summed E-state index contributed by atoms with van der Waals surface area (Å²) in [5.74, 6) is 0. The van der Waals surface area contributed by atoms with Gasteiger partial charge in [0.2, 0.25) is 0 Å². The fourth-order valence-corrected chi connectivity index (χ4v) is 0.994. The van der Waals surface area contributed by atoms with Crippen LogP contribution in [0, 0.1) is 0 Å². The molecule has 0 aliphatic rings. The Hall–Kier alpha value is -0.730. The molecule has 0 aliphatic heterocycles. The van der Waals surface area contributed by atoms with Crippen molar-refractivity contribution in [3.8, 4) is 0 Å². The number of rotatable bonds is 4. The van der Waals surface area contributed by atoms with Crippen molar-refractivity contribution in [3.63, 3.8) is 0 Å². The average molecular weight is 387 g/mol. The number of hydrogen-bond acceptors (Lipinski definition) is 1. The maximum absolute atomic E-state index is 12.7. The van der Waals surface area contributed by atoms with Crippen LogP contribution in [0.5, 0.6) is 0 Å². The van der Waals surface area contributed by atoms with Crippen molar-refractivity contribution in [3.05, 3.63) is 0 Å². The van der Waals surface area contributed by atoms with Gasteiger partial charge < -0.3 is 0 Å². The van der Waals surface area contributed by atoms with Crippen LogP contribution in [0.2, 0.25) is 0 Å². The molecule has 0 radical (unpaired) electrons. The van der Waals surface area contributed by atoms with Gasteiger partial charge in [0.1, 0.15) is 0 Å². The van der Waals surface area contributed by atoms with Gasteiger partial charge in [-0.15, -0.1) is 0 Å². The van der Waals surface area contributed by atoms with E-state index in [1.807, 2.05) is 0 Å². The van der Waals surface area contributed by atoms with Crippen LogP contribution in [0.25, 0.3) is 0 Å². The van der Waals surface area contributed by atoms with Crippen molar-refractivity contribution in [2.45, 2.75) is 35.9 Å². The summed E-state index contributed by atoms with van der Waals surface area (Å²) in [6, 6.07) is -22.9. The minimum Gasteiger partial charge on any atom is -0.179 e. The fourth-order valence-electron chi connectivity index (χ4n) is 0.909. The second-order valence-electron chi connectivity index (χ2n) is 3.45.